The first-order chi connectivity index (χ1) is 9.30. The first-order valence-electron chi connectivity index (χ1n) is 5.20. The summed E-state index contributed by atoms with van der Waals surface area (Å²) in [6.45, 7) is -0.465. The van der Waals surface area contributed by atoms with Gasteiger partial charge in [-0.25, -0.2) is 4.98 Å². The largest absolute Gasteiger partial charge is 0.573 e. The molecule has 1 heterocycles. The molecule has 0 radical (unpaired) electrons. The summed E-state index contributed by atoms with van der Waals surface area (Å²) in [6.07, 6.45) is -4.59. The van der Waals surface area contributed by atoms with Crippen LogP contribution >= 0.6 is 11.6 Å². The minimum absolute atomic E-state index is 0.0780. The Morgan fingerprint density at radius 2 is 2.05 bits per heavy atom. The summed E-state index contributed by atoms with van der Waals surface area (Å²) < 4.78 is 54.3. The van der Waals surface area contributed by atoms with Crippen molar-refractivity contribution >= 4 is 11.6 Å². The molecule has 9 heteroatoms. The minimum atomic E-state index is -4.87. The van der Waals surface area contributed by atoms with Crippen molar-refractivity contribution in [2.75, 3.05) is 0 Å². The molecular formula is C11H7ClF4N2O2. The molecule has 2 aromatic rings. The summed E-state index contributed by atoms with van der Waals surface area (Å²) in [7, 11) is 0. The van der Waals surface area contributed by atoms with Gasteiger partial charge in [0.1, 0.15) is 5.75 Å². The monoisotopic (exact) mass is 310 g/mol. The molecule has 0 aliphatic heterocycles. The average molecular weight is 311 g/mol. The molecule has 4 nitrogen and oxygen atoms in total. The van der Waals surface area contributed by atoms with E-state index in [2.05, 4.69) is 9.72 Å². The highest BCUT2D eigenvalue weighted by Crippen LogP contribution is 2.31. The maximum Gasteiger partial charge on any atom is 0.573 e. The second-order valence-corrected chi connectivity index (χ2v) is 4.10. The highest BCUT2D eigenvalue weighted by atomic mass is 35.5. The van der Waals surface area contributed by atoms with E-state index in [1.54, 1.807) is 0 Å². The van der Waals surface area contributed by atoms with Gasteiger partial charge >= 0.3 is 6.36 Å². The van der Waals surface area contributed by atoms with Gasteiger partial charge in [-0.15, -0.1) is 13.2 Å². The maximum absolute atomic E-state index is 13.5. The average Bonchev–Trinajstić information content (AvgIpc) is 2.72. The van der Waals surface area contributed by atoms with Gasteiger partial charge in [0.15, 0.2) is 0 Å². The number of aliphatic hydroxyl groups excluding tert-OH is 1. The first-order valence-corrected chi connectivity index (χ1v) is 5.58. The van der Waals surface area contributed by atoms with Gasteiger partial charge in [-0.3, -0.25) is 4.57 Å². The highest BCUT2D eigenvalue weighted by molar-refractivity contribution is 6.32. The summed E-state index contributed by atoms with van der Waals surface area (Å²) in [5.74, 6) is -0.592. The summed E-state index contributed by atoms with van der Waals surface area (Å²) in [5.41, 5.74) is 0.225. The second-order valence-electron chi connectivity index (χ2n) is 3.69. The molecule has 0 bridgehead atoms. The lowest BCUT2D eigenvalue weighted by atomic mass is 10.3. The number of rotatable bonds is 3. The molecule has 1 aromatic heterocycles. The van der Waals surface area contributed by atoms with Crippen molar-refractivity contribution in [2.45, 2.75) is 13.0 Å². The normalized spacial score (nSPS) is 11.7. The second kappa shape index (κ2) is 5.29. The van der Waals surface area contributed by atoms with Crippen molar-refractivity contribution in [3.63, 3.8) is 0 Å². The number of aromatic nitrogens is 2. The number of benzene rings is 1. The van der Waals surface area contributed by atoms with Crippen LogP contribution in [-0.2, 0) is 6.61 Å². The molecule has 0 fully saturated rings. The van der Waals surface area contributed by atoms with Gasteiger partial charge < -0.3 is 9.84 Å². The number of hydrogen-bond acceptors (Lipinski definition) is 3. The molecule has 0 aliphatic carbocycles. The third-order valence-electron chi connectivity index (χ3n) is 2.29. The van der Waals surface area contributed by atoms with Gasteiger partial charge in [-0.2, -0.15) is 4.39 Å². The predicted octanol–water partition coefficient (Wildman–Crippen LogP) is 3.06. The highest BCUT2D eigenvalue weighted by Gasteiger charge is 2.32. The minimum Gasteiger partial charge on any atom is -0.404 e. The Morgan fingerprint density at radius 1 is 1.35 bits per heavy atom. The topological polar surface area (TPSA) is 47.3 Å². The molecule has 0 aliphatic rings. The van der Waals surface area contributed by atoms with Crippen molar-refractivity contribution in [1.82, 2.24) is 9.55 Å². The van der Waals surface area contributed by atoms with Crippen LogP contribution in [0.25, 0.3) is 5.69 Å². The van der Waals surface area contributed by atoms with Gasteiger partial charge in [0.2, 0.25) is 0 Å². The standard InChI is InChI=1S/C11H7ClF4N2O2/c12-8-3-7(1-2-9(8)20-11(14,15)16)18-4-6(5-19)17-10(18)13/h1-4,19H,5H2. The molecule has 1 N–H and O–H groups in total. The van der Waals surface area contributed by atoms with E-state index in [4.69, 9.17) is 16.7 Å². The van der Waals surface area contributed by atoms with Gasteiger partial charge in [0, 0.05) is 6.20 Å². The number of alkyl halides is 3. The zero-order valence-electron chi connectivity index (χ0n) is 9.66. The van der Waals surface area contributed by atoms with E-state index in [1.165, 1.54) is 12.3 Å². The number of imidazole rings is 1. The summed E-state index contributed by atoms with van der Waals surface area (Å²) in [4.78, 5) is 3.41. The number of aliphatic hydroxyl groups is 1. The molecule has 0 saturated carbocycles. The first kappa shape index (κ1) is 14.6. The molecule has 108 valence electrons. The van der Waals surface area contributed by atoms with Gasteiger partial charge in [0.05, 0.1) is 23.0 Å². The van der Waals surface area contributed by atoms with Crippen LogP contribution in [0.1, 0.15) is 5.69 Å². The lowest BCUT2D eigenvalue weighted by Crippen LogP contribution is -2.17. The zero-order chi connectivity index (χ0) is 14.9. The van der Waals surface area contributed by atoms with Crippen LogP contribution in [0.5, 0.6) is 5.75 Å². The Balaban J connectivity index is 2.35. The number of halogens is 5. The Hall–Kier alpha value is -1.80. The van der Waals surface area contributed by atoms with E-state index >= 15 is 0 Å². The number of nitrogens with zero attached hydrogens (tertiary/aromatic N) is 2. The lowest BCUT2D eigenvalue weighted by molar-refractivity contribution is -0.274. The van der Waals surface area contributed by atoms with E-state index < -0.39 is 24.8 Å². The van der Waals surface area contributed by atoms with E-state index in [-0.39, 0.29) is 16.4 Å². The summed E-state index contributed by atoms with van der Waals surface area (Å²) in [6, 6.07) is 3.23. The fourth-order valence-corrected chi connectivity index (χ4v) is 1.72. The molecule has 2 rings (SSSR count). The summed E-state index contributed by atoms with van der Waals surface area (Å²) >= 11 is 5.65. The predicted molar refractivity (Wildman–Crippen MR) is 61.1 cm³/mol. The van der Waals surface area contributed by atoms with Gasteiger partial charge in [0.25, 0.3) is 6.08 Å². The van der Waals surface area contributed by atoms with E-state index in [1.807, 2.05) is 0 Å². The van der Waals surface area contributed by atoms with E-state index in [0.29, 0.717) is 0 Å². The Bertz CT molecular complexity index is 627. The van der Waals surface area contributed by atoms with Crippen LogP contribution in [0.2, 0.25) is 5.02 Å². The van der Waals surface area contributed by atoms with Crippen LogP contribution in [0.3, 0.4) is 0 Å². The van der Waals surface area contributed by atoms with Crippen molar-refractivity contribution in [2.24, 2.45) is 0 Å². The fraction of sp³-hybridized carbons (Fsp3) is 0.182. The Labute approximate surface area is 115 Å². The fourth-order valence-electron chi connectivity index (χ4n) is 1.51. The molecule has 0 saturated heterocycles. The van der Waals surface area contributed by atoms with Crippen molar-refractivity contribution in [3.05, 3.63) is 41.2 Å². The van der Waals surface area contributed by atoms with Crippen LogP contribution in [0.15, 0.2) is 24.4 Å². The lowest BCUT2D eigenvalue weighted by Gasteiger charge is -2.11. The zero-order valence-corrected chi connectivity index (χ0v) is 10.4. The molecule has 1 aromatic carbocycles. The Morgan fingerprint density at radius 3 is 2.55 bits per heavy atom. The quantitative estimate of drug-likeness (QED) is 0.886. The van der Waals surface area contributed by atoms with Crippen molar-refractivity contribution in [1.29, 1.82) is 0 Å². The number of hydrogen-bond donors (Lipinski definition) is 1. The maximum atomic E-state index is 13.5. The third-order valence-corrected chi connectivity index (χ3v) is 2.59. The molecule has 0 unspecified atom stereocenters. The SMILES string of the molecule is OCc1cn(-c2ccc(OC(F)(F)F)c(Cl)c2)c(F)n1. The van der Waals surface area contributed by atoms with Crippen LogP contribution in [0, 0.1) is 6.08 Å². The number of ether oxygens (including phenoxy) is 1. The Kier molecular flexibility index (Phi) is 3.87. The van der Waals surface area contributed by atoms with Crippen LogP contribution < -0.4 is 4.74 Å². The third kappa shape index (κ3) is 3.20. The van der Waals surface area contributed by atoms with Crippen LogP contribution in [0.4, 0.5) is 17.6 Å². The van der Waals surface area contributed by atoms with E-state index in [0.717, 1.165) is 16.7 Å². The smallest absolute Gasteiger partial charge is 0.404 e. The molecule has 20 heavy (non-hydrogen) atoms. The molecule has 0 amide bonds. The molecular weight excluding hydrogens is 304 g/mol. The van der Waals surface area contributed by atoms with Crippen molar-refractivity contribution < 1.29 is 27.4 Å². The van der Waals surface area contributed by atoms with Crippen LogP contribution in [-0.4, -0.2) is 21.0 Å². The van der Waals surface area contributed by atoms with Crippen molar-refractivity contribution in [3.8, 4) is 11.4 Å². The molecule has 0 spiro atoms. The van der Waals surface area contributed by atoms with Gasteiger partial charge in [-0.05, 0) is 18.2 Å². The van der Waals surface area contributed by atoms with E-state index in [9.17, 15) is 17.6 Å². The molecule has 0 atom stereocenters. The summed E-state index contributed by atoms with van der Waals surface area (Å²) in [5, 5.41) is 8.50. The van der Waals surface area contributed by atoms with Gasteiger partial charge in [-0.1, -0.05) is 11.6 Å².